The SMILES string of the molecule is CCCC1CCCC(C(=O)N[C@@H]([C@H]2O[C@H](SC)[C@H](O)[C@@H](O)[C@H]2O)[C@@H](C)O)C1. The van der Waals surface area contributed by atoms with Crippen LogP contribution in [0.15, 0.2) is 0 Å². The minimum atomic E-state index is -1.40. The standard InChI is InChI=1S/C19H35NO6S/c1-4-6-11-7-5-8-12(9-11)18(25)20-13(10(2)21)17-15(23)14(22)16(24)19(26-17)27-3/h10-17,19,21-24H,4-9H2,1-3H3,(H,20,25)/t10-,11?,12?,13-,14+,15-,16-,17-,19-/m1/s1. The van der Waals surface area contributed by atoms with E-state index in [9.17, 15) is 25.2 Å². The van der Waals surface area contributed by atoms with E-state index in [2.05, 4.69) is 12.2 Å². The molecule has 1 saturated carbocycles. The van der Waals surface area contributed by atoms with Gasteiger partial charge in [0, 0.05) is 5.92 Å². The summed E-state index contributed by atoms with van der Waals surface area (Å²) in [5, 5.41) is 43.6. The minimum Gasteiger partial charge on any atom is -0.391 e. The van der Waals surface area contributed by atoms with Gasteiger partial charge in [-0.3, -0.25) is 4.79 Å². The predicted octanol–water partition coefficient (Wildman–Crippen LogP) is 0.629. The molecule has 7 nitrogen and oxygen atoms in total. The summed E-state index contributed by atoms with van der Waals surface area (Å²) in [4.78, 5) is 12.8. The Bertz CT molecular complexity index is 475. The van der Waals surface area contributed by atoms with Gasteiger partial charge in [-0.25, -0.2) is 0 Å². The molecule has 0 aromatic heterocycles. The molecule has 27 heavy (non-hydrogen) atoms. The van der Waals surface area contributed by atoms with Crippen molar-refractivity contribution in [2.75, 3.05) is 6.26 Å². The van der Waals surface area contributed by atoms with Crippen LogP contribution in [-0.4, -0.2) is 74.6 Å². The molecule has 9 atom stereocenters. The van der Waals surface area contributed by atoms with Crippen molar-refractivity contribution < 1.29 is 30.0 Å². The molecule has 1 heterocycles. The smallest absolute Gasteiger partial charge is 0.223 e. The molecule has 0 radical (unpaired) electrons. The summed E-state index contributed by atoms with van der Waals surface area (Å²) in [6.07, 6.45) is 1.77. The average molecular weight is 406 g/mol. The molecule has 2 rings (SSSR count). The summed E-state index contributed by atoms with van der Waals surface area (Å²) in [7, 11) is 0. The van der Waals surface area contributed by atoms with Crippen LogP contribution >= 0.6 is 11.8 Å². The van der Waals surface area contributed by atoms with Gasteiger partial charge in [0.15, 0.2) is 0 Å². The van der Waals surface area contributed by atoms with E-state index in [0.29, 0.717) is 5.92 Å². The predicted molar refractivity (Wildman–Crippen MR) is 104 cm³/mol. The highest BCUT2D eigenvalue weighted by Crippen LogP contribution is 2.33. The molecule has 0 spiro atoms. The molecule has 8 heteroatoms. The summed E-state index contributed by atoms with van der Waals surface area (Å²) in [6.45, 7) is 3.67. The Labute approximate surface area is 165 Å². The van der Waals surface area contributed by atoms with Crippen LogP contribution in [0.2, 0.25) is 0 Å². The number of amides is 1. The molecule has 0 aromatic carbocycles. The van der Waals surface area contributed by atoms with Crippen LogP contribution in [0.4, 0.5) is 0 Å². The number of hydrogen-bond acceptors (Lipinski definition) is 7. The van der Waals surface area contributed by atoms with Crippen molar-refractivity contribution in [1.29, 1.82) is 0 Å². The molecule has 0 bridgehead atoms. The number of nitrogens with one attached hydrogen (secondary N) is 1. The van der Waals surface area contributed by atoms with Crippen LogP contribution in [0, 0.1) is 11.8 Å². The number of ether oxygens (including phenoxy) is 1. The molecule has 1 saturated heterocycles. The second-order valence-electron chi connectivity index (χ2n) is 7.97. The Hall–Kier alpha value is -0.380. The maximum absolute atomic E-state index is 12.8. The summed E-state index contributed by atoms with van der Waals surface area (Å²) < 4.78 is 5.73. The third-order valence-corrected chi connectivity index (χ3v) is 6.73. The van der Waals surface area contributed by atoms with Crippen molar-refractivity contribution in [3.63, 3.8) is 0 Å². The fourth-order valence-electron chi connectivity index (χ4n) is 4.32. The number of aliphatic hydroxyl groups excluding tert-OH is 4. The van der Waals surface area contributed by atoms with Gasteiger partial charge in [-0.15, -0.1) is 11.8 Å². The average Bonchev–Trinajstić information content (AvgIpc) is 2.65. The molecule has 0 aromatic rings. The number of carbonyl (C=O) groups excluding carboxylic acids is 1. The van der Waals surface area contributed by atoms with Crippen LogP contribution in [0.5, 0.6) is 0 Å². The molecule has 1 amide bonds. The number of thioether (sulfide) groups is 1. The summed E-state index contributed by atoms with van der Waals surface area (Å²) in [5.41, 5.74) is -0.741. The zero-order valence-electron chi connectivity index (χ0n) is 16.5. The molecule has 2 aliphatic rings. The molecular formula is C19H35NO6S. The highest BCUT2D eigenvalue weighted by atomic mass is 32.2. The van der Waals surface area contributed by atoms with Crippen LogP contribution in [0.3, 0.4) is 0 Å². The van der Waals surface area contributed by atoms with E-state index in [0.717, 1.165) is 38.5 Å². The van der Waals surface area contributed by atoms with Crippen molar-refractivity contribution in [2.45, 2.75) is 94.4 Å². The van der Waals surface area contributed by atoms with Gasteiger partial charge in [0.1, 0.15) is 29.9 Å². The fraction of sp³-hybridized carbons (Fsp3) is 0.947. The summed E-state index contributed by atoms with van der Waals surface area (Å²) in [6, 6.07) is -0.865. The summed E-state index contributed by atoms with van der Waals surface area (Å²) in [5.74, 6) is 0.307. The van der Waals surface area contributed by atoms with Crippen LogP contribution < -0.4 is 5.32 Å². The van der Waals surface area contributed by atoms with Gasteiger partial charge >= 0.3 is 0 Å². The molecule has 2 unspecified atom stereocenters. The number of hydrogen-bond donors (Lipinski definition) is 5. The van der Waals surface area contributed by atoms with E-state index in [4.69, 9.17) is 4.74 Å². The van der Waals surface area contributed by atoms with Crippen LogP contribution in [0.1, 0.15) is 52.4 Å². The van der Waals surface area contributed by atoms with E-state index in [-0.39, 0.29) is 11.8 Å². The van der Waals surface area contributed by atoms with E-state index >= 15 is 0 Å². The first-order valence-electron chi connectivity index (χ1n) is 10.0. The van der Waals surface area contributed by atoms with Gasteiger partial charge in [-0.2, -0.15) is 0 Å². The van der Waals surface area contributed by atoms with Gasteiger partial charge < -0.3 is 30.5 Å². The fourth-order valence-corrected chi connectivity index (χ4v) is 5.00. The second kappa shape index (κ2) is 10.4. The number of aliphatic hydroxyl groups is 4. The van der Waals surface area contributed by atoms with E-state index in [1.165, 1.54) is 18.7 Å². The highest BCUT2D eigenvalue weighted by Gasteiger charge is 2.48. The Kier molecular flexibility index (Phi) is 8.83. The highest BCUT2D eigenvalue weighted by molar-refractivity contribution is 7.99. The van der Waals surface area contributed by atoms with Crippen molar-refractivity contribution >= 4 is 17.7 Å². The third kappa shape index (κ3) is 5.58. The Morgan fingerprint density at radius 1 is 1.22 bits per heavy atom. The van der Waals surface area contributed by atoms with Gasteiger partial charge in [0.25, 0.3) is 0 Å². The summed E-state index contributed by atoms with van der Waals surface area (Å²) >= 11 is 1.21. The van der Waals surface area contributed by atoms with Gasteiger partial charge in [0.2, 0.25) is 5.91 Å². The first-order valence-corrected chi connectivity index (χ1v) is 11.3. The lowest BCUT2D eigenvalue weighted by Gasteiger charge is -2.44. The zero-order valence-corrected chi connectivity index (χ0v) is 17.3. The lowest BCUT2D eigenvalue weighted by Crippen LogP contribution is -2.65. The second-order valence-corrected chi connectivity index (χ2v) is 8.91. The van der Waals surface area contributed by atoms with Crippen molar-refractivity contribution in [3.8, 4) is 0 Å². The van der Waals surface area contributed by atoms with Gasteiger partial charge in [-0.05, 0) is 31.9 Å². The molecule has 5 N–H and O–H groups in total. The van der Waals surface area contributed by atoms with Crippen molar-refractivity contribution in [1.82, 2.24) is 5.32 Å². The monoisotopic (exact) mass is 405 g/mol. The number of carbonyl (C=O) groups is 1. The quantitative estimate of drug-likeness (QED) is 0.421. The lowest BCUT2D eigenvalue weighted by atomic mass is 9.79. The lowest BCUT2D eigenvalue weighted by molar-refractivity contribution is -0.211. The molecular weight excluding hydrogens is 370 g/mol. The minimum absolute atomic E-state index is 0.107. The Morgan fingerprint density at radius 3 is 2.52 bits per heavy atom. The van der Waals surface area contributed by atoms with E-state index < -0.39 is 42.0 Å². The number of rotatable bonds is 7. The Morgan fingerprint density at radius 2 is 1.93 bits per heavy atom. The normalized spacial score (nSPS) is 39.6. The van der Waals surface area contributed by atoms with E-state index in [1.54, 1.807) is 6.26 Å². The maximum Gasteiger partial charge on any atom is 0.223 e. The Balaban J connectivity index is 2.07. The van der Waals surface area contributed by atoms with Crippen molar-refractivity contribution in [2.24, 2.45) is 11.8 Å². The van der Waals surface area contributed by atoms with Gasteiger partial charge in [0.05, 0.1) is 12.1 Å². The van der Waals surface area contributed by atoms with Crippen LogP contribution in [0.25, 0.3) is 0 Å². The molecule has 1 aliphatic heterocycles. The molecule has 1 aliphatic carbocycles. The molecule has 2 fully saturated rings. The zero-order chi connectivity index (χ0) is 20.1. The third-order valence-electron chi connectivity index (χ3n) is 5.87. The maximum atomic E-state index is 12.8. The first kappa shape index (κ1) is 22.9. The molecule has 158 valence electrons. The van der Waals surface area contributed by atoms with Gasteiger partial charge in [-0.1, -0.05) is 32.6 Å². The van der Waals surface area contributed by atoms with E-state index in [1.807, 2.05) is 0 Å². The van der Waals surface area contributed by atoms with Crippen molar-refractivity contribution in [3.05, 3.63) is 0 Å². The van der Waals surface area contributed by atoms with Crippen LogP contribution in [-0.2, 0) is 9.53 Å². The largest absolute Gasteiger partial charge is 0.391 e. The topological polar surface area (TPSA) is 119 Å². The first-order chi connectivity index (χ1) is 12.8.